The van der Waals surface area contributed by atoms with Crippen molar-refractivity contribution in [3.05, 3.63) is 0 Å². The van der Waals surface area contributed by atoms with E-state index < -0.39 is 39.7 Å². The zero-order valence-corrected chi connectivity index (χ0v) is 23.6. The van der Waals surface area contributed by atoms with E-state index in [9.17, 15) is 24.6 Å². The Kier molecular flexibility index (Phi) is 5.99. The Balaban J connectivity index is 1.10. The molecule has 38 heavy (non-hydrogen) atoms. The van der Waals surface area contributed by atoms with Crippen molar-refractivity contribution in [1.82, 2.24) is 0 Å². The number of esters is 2. The van der Waals surface area contributed by atoms with Gasteiger partial charge in [0.2, 0.25) is 0 Å². The third-order valence-corrected chi connectivity index (χ3v) is 11.8. The maximum Gasteiger partial charge on any atom is 0.309 e. The Morgan fingerprint density at radius 2 is 1.53 bits per heavy atom. The zero-order chi connectivity index (χ0) is 27.3. The largest absolute Gasteiger partial charge is 0.459 e. The molecular formula is C31H46O7. The maximum absolute atomic E-state index is 13.5. The summed E-state index contributed by atoms with van der Waals surface area (Å²) in [6.45, 7) is 7.64. The predicted octanol–water partition coefficient (Wildman–Crippen LogP) is 4.50. The van der Waals surface area contributed by atoms with Crippen molar-refractivity contribution in [3.63, 3.8) is 0 Å². The van der Waals surface area contributed by atoms with Crippen LogP contribution >= 0.6 is 0 Å². The summed E-state index contributed by atoms with van der Waals surface area (Å²) >= 11 is 0. The number of carbonyl (C=O) groups excluding carboxylic acids is 3. The second kappa shape index (κ2) is 8.52. The smallest absolute Gasteiger partial charge is 0.309 e. The molecule has 0 aliphatic heterocycles. The summed E-state index contributed by atoms with van der Waals surface area (Å²) in [7, 11) is 0. The molecule has 0 amide bonds. The first-order chi connectivity index (χ1) is 17.7. The van der Waals surface area contributed by atoms with Gasteiger partial charge < -0.3 is 19.7 Å². The predicted molar refractivity (Wildman–Crippen MR) is 139 cm³/mol. The van der Waals surface area contributed by atoms with E-state index in [0.29, 0.717) is 56.6 Å². The minimum absolute atomic E-state index is 0.0469. The van der Waals surface area contributed by atoms with Gasteiger partial charge in [-0.3, -0.25) is 14.4 Å². The van der Waals surface area contributed by atoms with Crippen LogP contribution in [0.25, 0.3) is 0 Å². The molecule has 8 bridgehead atoms. The third-order valence-electron chi connectivity index (χ3n) is 11.8. The number of carbonyl (C=O) groups is 3. The van der Waals surface area contributed by atoms with Gasteiger partial charge in [-0.1, -0.05) is 13.8 Å². The van der Waals surface area contributed by atoms with Crippen molar-refractivity contribution >= 4 is 17.7 Å². The van der Waals surface area contributed by atoms with Crippen LogP contribution in [0.2, 0.25) is 0 Å². The van der Waals surface area contributed by atoms with Crippen LogP contribution in [0, 0.1) is 40.9 Å². The number of Topliss-reactive ketones (excluding diaryl/α,β-unsaturated/α-hetero) is 1. The summed E-state index contributed by atoms with van der Waals surface area (Å²) in [6.07, 6.45) is 8.79. The standard InChI is InChI=1S/C31H46O7/c1-5-21(6-18(2)25(33)38-31-12-19-7-22(13-31)24(32)23(8-19)14-31)26(34)37-27(3,4)28-9-20-10-29(35,15-28)17-30(36,11-20)16-28/h18-23,35-36H,5-17H2,1-4H3/t18?,19?,20?,21?,22-,23-,28?,29-,30?,31?/m0/s1. The molecule has 5 unspecified atom stereocenters. The first-order valence-electron chi connectivity index (χ1n) is 15.1. The molecule has 7 nitrogen and oxygen atoms in total. The zero-order valence-electron chi connectivity index (χ0n) is 23.6. The van der Waals surface area contributed by atoms with Crippen LogP contribution in [0.5, 0.6) is 0 Å². The molecule has 8 aliphatic rings. The normalized spacial score (nSPS) is 46.2. The molecule has 0 heterocycles. The van der Waals surface area contributed by atoms with Gasteiger partial charge in [-0.05, 0) is 103 Å². The molecule has 0 radical (unpaired) electrons. The number of hydrogen-bond acceptors (Lipinski definition) is 7. The molecular weight excluding hydrogens is 484 g/mol. The fourth-order valence-corrected chi connectivity index (χ4v) is 10.5. The first-order valence-corrected chi connectivity index (χ1v) is 15.1. The van der Waals surface area contributed by atoms with Gasteiger partial charge in [-0.2, -0.15) is 0 Å². The molecule has 7 heteroatoms. The minimum Gasteiger partial charge on any atom is -0.459 e. The van der Waals surface area contributed by atoms with Gasteiger partial charge in [0.25, 0.3) is 0 Å². The van der Waals surface area contributed by atoms with E-state index in [1.807, 2.05) is 27.7 Å². The van der Waals surface area contributed by atoms with Crippen molar-refractivity contribution < 1.29 is 34.1 Å². The van der Waals surface area contributed by atoms with E-state index in [0.717, 1.165) is 38.5 Å². The average molecular weight is 531 g/mol. The lowest BCUT2D eigenvalue weighted by Gasteiger charge is -2.66. The van der Waals surface area contributed by atoms with Gasteiger partial charge in [-0.15, -0.1) is 0 Å². The van der Waals surface area contributed by atoms with Gasteiger partial charge >= 0.3 is 11.9 Å². The summed E-state index contributed by atoms with van der Waals surface area (Å²) < 4.78 is 12.4. The van der Waals surface area contributed by atoms with E-state index in [-0.39, 0.29) is 29.7 Å². The van der Waals surface area contributed by atoms with E-state index in [2.05, 4.69) is 0 Å². The minimum atomic E-state index is -0.887. The third kappa shape index (κ3) is 4.25. The highest BCUT2D eigenvalue weighted by atomic mass is 16.6. The van der Waals surface area contributed by atoms with Gasteiger partial charge in [0.15, 0.2) is 0 Å². The monoisotopic (exact) mass is 530 g/mol. The van der Waals surface area contributed by atoms with E-state index >= 15 is 0 Å². The highest BCUT2D eigenvalue weighted by Gasteiger charge is 2.67. The van der Waals surface area contributed by atoms with Crippen molar-refractivity contribution in [2.75, 3.05) is 0 Å². The number of ether oxygens (including phenoxy) is 2. The van der Waals surface area contributed by atoms with Crippen molar-refractivity contribution in [2.24, 2.45) is 40.9 Å². The lowest BCUT2D eigenvalue weighted by atomic mass is 9.43. The molecule has 8 aliphatic carbocycles. The SMILES string of the molecule is CCC(CC(C)C(=O)OC12CC3C[C@@H](C1)C(=O)[C@@H](C3)C2)C(=O)OC(C)(C)C12CC3CC(O)(C1)C[C@](O)(C3)C2. The molecule has 0 saturated heterocycles. The molecule has 8 saturated carbocycles. The lowest BCUT2D eigenvalue weighted by Crippen LogP contribution is -2.68. The topological polar surface area (TPSA) is 110 Å². The molecule has 8 rings (SSSR count). The summed E-state index contributed by atoms with van der Waals surface area (Å²) in [5.74, 6) is -0.269. The molecule has 8 atom stereocenters. The van der Waals surface area contributed by atoms with Crippen LogP contribution in [0.15, 0.2) is 0 Å². The molecule has 0 aromatic carbocycles. The molecule has 8 fully saturated rings. The van der Waals surface area contributed by atoms with Gasteiger partial charge in [0.05, 0.1) is 23.0 Å². The van der Waals surface area contributed by atoms with Crippen molar-refractivity contribution in [2.45, 2.75) is 134 Å². The van der Waals surface area contributed by atoms with E-state index in [4.69, 9.17) is 9.47 Å². The number of aliphatic hydroxyl groups is 2. The summed E-state index contributed by atoms with van der Waals surface area (Å²) in [5.41, 5.74) is -3.57. The van der Waals surface area contributed by atoms with Crippen LogP contribution in [0.4, 0.5) is 0 Å². The number of hydrogen-bond donors (Lipinski definition) is 2. The first kappa shape index (κ1) is 26.7. The van der Waals surface area contributed by atoms with Crippen LogP contribution < -0.4 is 0 Å². The number of rotatable bonds is 8. The van der Waals surface area contributed by atoms with Gasteiger partial charge in [0.1, 0.15) is 17.0 Å². The van der Waals surface area contributed by atoms with Gasteiger partial charge in [-0.25, -0.2) is 0 Å². The molecule has 0 aromatic rings. The van der Waals surface area contributed by atoms with Crippen LogP contribution in [-0.4, -0.2) is 50.3 Å². The molecule has 2 N–H and O–H groups in total. The van der Waals surface area contributed by atoms with Gasteiger partial charge in [0, 0.05) is 23.7 Å². The Bertz CT molecular complexity index is 995. The molecule has 212 valence electrons. The second-order valence-electron chi connectivity index (χ2n) is 15.3. The average Bonchev–Trinajstić information content (AvgIpc) is 2.77. The van der Waals surface area contributed by atoms with Crippen molar-refractivity contribution in [3.8, 4) is 0 Å². The van der Waals surface area contributed by atoms with E-state index in [1.165, 1.54) is 0 Å². The van der Waals surface area contributed by atoms with Crippen LogP contribution in [-0.2, 0) is 23.9 Å². The highest BCUT2D eigenvalue weighted by Crippen LogP contribution is 2.67. The second-order valence-corrected chi connectivity index (χ2v) is 15.3. The quantitative estimate of drug-likeness (QED) is 0.445. The lowest BCUT2D eigenvalue weighted by molar-refractivity contribution is -0.273. The highest BCUT2D eigenvalue weighted by molar-refractivity contribution is 5.86. The Morgan fingerprint density at radius 1 is 0.921 bits per heavy atom. The molecule has 0 spiro atoms. The van der Waals surface area contributed by atoms with E-state index in [1.54, 1.807) is 0 Å². The van der Waals surface area contributed by atoms with Crippen LogP contribution in [0.1, 0.15) is 111 Å². The van der Waals surface area contributed by atoms with Crippen LogP contribution in [0.3, 0.4) is 0 Å². The fraction of sp³-hybridized carbons (Fsp3) is 0.903. The Morgan fingerprint density at radius 3 is 2.08 bits per heavy atom. The summed E-state index contributed by atoms with van der Waals surface area (Å²) in [4.78, 5) is 39.3. The summed E-state index contributed by atoms with van der Waals surface area (Å²) in [5, 5.41) is 22.5. The number of ketones is 1. The maximum atomic E-state index is 13.5. The van der Waals surface area contributed by atoms with Crippen molar-refractivity contribution in [1.29, 1.82) is 0 Å². The Hall–Kier alpha value is -1.47. The fourth-order valence-electron chi connectivity index (χ4n) is 10.5. The molecule has 0 aromatic heterocycles. The Labute approximate surface area is 226 Å². The summed E-state index contributed by atoms with van der Waals surface area (Å²) in [6, 6.07) is 0.